The van der Waals surface area contributed by atoms with Gasteiger partial charge in [0.15, 0.2) is 0 Å². The van der Waals surface area contributed by atoms with Gasteiger partial charge in [0.25, 0.3) is 0 Å². The van der Waals surface area contributed by atoms with Crippen molar-refractivity contribution in [3.63, 3.8) is 0 Å². The lowest BCUT2D eigenvalue weighted by Gasteiger charge is -2.27. The minimum atomic E-state index is -0.484. The van der Waals surface area contributed by atoms with Gasteiger partial charge in [-0.25, -0.2) is 4.79 Å². The van der Waals surface area contributed by atoms with Crippen LogP contribution < -0.4 is 21.6 Å². The van der Waals surface area contributed by atoms with Crippen molar-refractivity contribution in [1.82, 2.24) is 9.97 Å². The fourth-order valence-electron chi connectivity index (χ4n) is 4.31. The highest BCUT2D eigenvalue weighted by molar-refractivity contribution is 6.00. The summed E-state index contributed by atoms with van der Waals surface area (Å²) in [6.45, 7) is 1.91. The van der Waals surface area contributed by atoms with Gasteiger partial charge in [0.1, 0.15) is 0 Å². The maximum Gasteiger partial charge on any atom is 0.323 e. The van der Waals surface area contributed by atoms with Gasteiger partial charge >= 0.3 is 5.69 Å². The number of fused-ring (bicyclic) bond motifs is 1. The van der Waals surface area contributed by atoms with Crippen LogP contribution in [0, 0.1) is 5.92 Å². The Morgan fingerprint density at radius 3 is 2.42 bits per heavy atom. The summed E-state index contributed by atoms with van der Waals surface area (Å²) >= 11 is 0. The molecule has 5 N–H and O–H groups in total. The molecule has 0 bridgehead atoms. The maximum absolute atomic E-state index is 12.8. The molecule has 2 heterocycles. The van der Waals surface area contributed by atoms with E-state index in [0.717, 1.165) is 68.5 Å². The van der Waals surface area contributed by atoms with Crippen LogP contribution in [0.3, 0.4) is 0 Å². The van der Waals surface area contributed by atoms with Gasteiger partial charge in [-0.3, -0.25) is 4.79 Å². The van der Waals surface area contributed by atoms with Crippen LogP contribution in [0.5, 0.6) is 0 Å². The van der Waals surface area contributed by atoms with Gasteiger partial charge in [-0.2, -0.15) is 0 Å². The number of anilines is 2. The minimum Gasteiger partial charge on any atom is -0.370 e. The highest BCUT2D eigenvalue weighted by atomic mass is 16.2. The molecule has 1 amide bonds. The van der Waals surface area contributed by atoms with Crippen molar-refractivity contribution in [3.8, 4) is 0 Å². The Balaban J connectivity index is 1.62. The van der Waals surface area contributed by atoms with Gasteiger partial charge in [-0.05, 0) is 43.7 Å². The van der Waals surface area contributed by atoms with Gasteiger partial charge in [0.05, 0.1) is 28.5 Å². The second kappa shape index (κ2) is 7.15. The summed E-state index contributed by atoms with van der Waals surface area (Å²) in [7, 11) is 0. The number of imidazole rings is 1. The van der Waals surface area contributed by atoms with Crippen molar-refractivity contribution < 1.29 is 4.79 Å². The first-order chi connectivity index (χ1) is 12.6. The molecule has 1 saturated heterocycles. The number of aromatic nitrogens is 2. The Morgan fingerprint density at radius 2 is 1.73 bits per heavy atom. The summed E-state index contributed by atoms with van der Waals surface area (Å²) in [6.07, 6.45) is 7.87. The van der Waals surface area contributed by atoms with Crippen molar-refractivity contribution in [2.24, 2.45) is 11.7 Å². The molecular weight excluding hydrogens is 330 g/mol. The Bertz CT molecular complexity index is 843. The van der Waals surface area contributed by atoms with Gasteiger partial charge in [-0.1, -0.05) is 19.3 Å². The molecular formula is C19H27N5O2. The molecule has 26 heavy (non-hydrogen) atoms. The van der Waals surface area contributed by atoms with Crippen LogP contribution in [0.15, 0.2) is 16.9 Å². The van der Waals surface area contributed by atoms with Crippen LogP contribution in [-0.2, 0) is 4.79 Å². The number of carbonyl (C=O) groups excluding carboxylic acids is 1. The Hall–Kier alpha value is -2.28. The van der Waals surface area contributed by atoms with Crippen LogP contribution in [0.1, 0.15) is 44.9 Å². The maximum atomic E-state index is 12.8. The van der Waals surface area contributed by atoms with Crippen LogP contribution in [0.4, 0.5) is 11.4 Å². The summed E-state index contributed by atoms with van der Waals surface area (Å²) in [5, 5.41) is 3.04. The molecule has 2 fully saturated rings. The summed E-state index contributed by atoms with van der Waals surface area (Å²) < 4.78 is 0. The van der Waals surface area contributed by atoms with Crippen LogP contribution in [0.2, 0.25) is 0 Å². The monoisotopic (exact) mass is 357 g/mol. The average Bonchev–Trinajstić information content (AvgIpc) is 3.29. The van der Waals surface area contributed by atoms with Gasteiger partial charge in [0, 0.05) is 13.1 Å². The predicted molar refractivity (Wildman–Crippen MR) is 104 cm³/mol. The number of H-pyrrole nitrogens is 2. The van der Waals surface area contributed by atoms with Crippen molar-refractivity contribution in [2.45, 2.75) is 51.0 Å². The minimum absolute atomic E-state index is 0.130. The van der Waals surface area contributed by atoms with Gasteiger partial charge < -0.3 is 25.9 Å². The lowest BCUT2D eigenvalue weighted by atomic mass is 9.84. The van der Waals surface area contributed by atoms with Crippen LogP contribution in [0.25, 0.3) is 11.0 Å². The predicted octanol–water partition coefficient (Wildman–Crippen LogP) is 2.30. The quantitative estimate of drug-likeness (QED) is 0.673. The summed E-state index contributed by atoms with van der Waals surface area (Å²) in [6, 6.07) is 3.30. The number of rotatable bonds is 4. The third-order valence-electron chi connectivity index (χ3n) is 5.80. The topological polar surface area (TPSA) is 107 Å². The highest BCUT2D eigenvalue weighted by Gasteiger charge is 2.27. The van der Waals surface area contributed by atoms with E-state index in [4.69, 9.17) is 5.73 Å². The number of benzene rings is 1. The number of nitrogens with zero attached hydrogens (tertiary/aromatic N) is 1. The number of carbonyl (C=O) groups is 1. The standard InChI is InChI=1S/C19H27N5O2/c20-17(12-6-2-1-3-7-12)18(25)21-15-10-13-14(23-19(26)22-13)11-16(15)24-8-4-5-9-24/h10-12,17H,1-9,20H2,(H,21,25)(H2,22,23,26)/t17-/m0/s1. The first-order valence-electron chi connectivity index (χ1n) is 9.69. The molecule has 7 heteroatoms. The molecule has 1 aliphatic carbocycles. The first-order valence-corrected chi connectivity index (χ1v) is 9.69. The van der Waals surface area contributed by atoms with Crippen LogP contribution in [-0.4, -0.2) is 35.0 Å². The zero-order valence-electron chi connectivity index (χ0n) is 15.0. The largest absolute Gasteiger partial charge is 0.370 e. The van der Waals surface area contributed by atoms with Crippen molar-refractivity contribution in [1.29, 1.82) is 0 Å². The zero-order valence-corrected chi connectivity index (χ0v) is 15.0. The molecule has 1 aromatic heterocycles. The second-order valence-corrected chi connectivity index (χ2v) is 7.60. The van der Waals surface area contributed by atoms with Gasteiger partial charge in [0.2, 0.25) is 5.91 Å². The molecule has 2 aromatic rings. The smallest absolute Gasteiger partial charge is 0.323 e. The molecule has 1 aromatic carbocycles. The lowest BCUT2D eigenvalue weighted by Crippen LogP contribution is -2.42. The zero-order chi connectivity index (χ0) is 18.1. The molecule has 2 aliphatic rings. The van der Waals surface area contributed by atoms with Crippen molar-refractivity contribution in [3.05, 3.63) is 22.6 Å². The molecule has 1 atom stereocenters. The van der Waals surface area contributed by atoms with E-state index in [2.05, 4.69) is 20.2 Å². The van der Waals surface area contributed by atoms with E-state index in [0.29, 0.717) is 5.52 Å². The number of aromatic amines is 2. The fourth-order valence-corrected chi connectivity index (χ4v) is 4.31. The molecule has 0 spiro atoms. The molecule has 0 radical (unpaired) electrons. The van der Waals surface area contributed by atoms with E-state index in [9.17, 15) is 9.59 Å². The highest BCUT2D eigenvalue weighted by Crippen LogP contribution is 2.33. The molecule has 1 saturated carbocycles. The number of hydrogen-bond donors (Lipinski definition) is 4. The molecule has 1 aliphatic heterocycles. The summed E-state index contributed by atoms with van der Waals surface area (Å²) in [4.78, 5) is 32.3. The Morgan fingerprint density at radius 1 is 1.08 bits per heavy atom. The third kappa shape index (κ3) is 3.35. The van der Waals surface area contributed by atoms with E-state index in [-0.39, 0.29) is 17.5 Å². The van der Waals surface area contributed by atoms with Crippen LogP contribution >= 0.6 is 0 Å². The fraction of sp³-hybridized carbons (Fsp3) is 0.579. The normalized spacial score (nSPS) is 19.8. The first kappa shape index (κ1) is 17.1. The summed E-state index contributed by atoms with van der Waals surface area (Å²) in [5.41, 5.74) is 9.16. The molecule has 0 unspecified atom stereocenters. The SMILES string of the molecule is N[C@H](C(=O)Nc1cc2[nH]c(=O)[nH]c2cc1N1CCCC1)C1CCCCC1. The van der Waals surface area contributed by atoms with Crippen molar-refractivity contribution >= 4 is 28.3 Å². The van der Waals surface area contributed by atoms with E-state index in [1.54, 1.807) is 0 Å². The van der Waals surface area contributed by atoms with Gasteiger partial charge in [-0.15, -0.1) is 0 Å². The van der Waals surface area contributed by atoms with E-state index >= 15 is 0 Å². The number of amides is 1. The Kier molecular flexibility index (Phi) is 4.72. The van der Waals surface area contributed by atoms with Crippen molar-refractivity contribution in [2.75, 3.05) is 23.3 Å². The number of nitrogens with two attached hydrogens (primary N) is 1. The number of nitrogens with one attached hydrogen (secondary N) is 3. The molecule has 4 rings (SSSR count). The Labute approximate surface area is 152 Å². The summed E-state index contributed by atoms with van der Waals surface area (Å²) in [5.74, 6) is 0.129. The van der Waals surface area contributed by atoms with E-state index in [1.807, 2.05) is 12.1 Å². The van der Waals surface area contributed by atoms with E-state index < -0.39 is 6.04 Å². The molecule has 140 valence electrons. The molecule has 7 nitrogen and oxygen atoms in total. The number of hydrogen-bond acceptors (Lipinski definition) is 4. The van der Waals surface area contributed by atoms with E-state index in [1.165, 1.54) is 6.42 Å². The lowest BCUT2D eigenvalue weighted by molar-refractivity contribution is -0.118. The third-order valence-corrected chi connectivity index (χ3v) is 5.80. The second-order valence-electron chi connectivity index (χ2n) is 7.60. The average molecular weight is 357 g/mol.